The molecule has 4 rings (SSSR count). The number of esters is 1. The number of nitrogens with zero attached hydrogens (tertiary/aromatic N) is 1. The monoisotopic (exact) mass is 495 g/mol. The predicted octanol–water partition coefficient (Wildman–Crippen LogP) is 4.01. The van der Waals surface area contributed by atoms with Gasteiger partial charge in [0.1, 0.15) is 17.9 Å². The summed E-state index contributed by atoms with van der Waals surface area (Å²) in [6.07, 6.45) is -0.206. The molecule has 0 fully saturated rings. The summed E-state index contributed by atoms with van der Waals surface area (Å²) < 4.78 is 35.0. The van der Waals surface area contributed by atoms with Crippen molar-refractivity contribution in [3.8, 4) is 28.7 Å². The summed E-state index contributed by atoms with van der Waals surface area (Å²) in [5.41, 5.74) is 2.27. The van der Waals surface area contributed by atoms with Crippen molar-refractivity contribution in [2.75, 3.05) is 34.5 Å². The van der Waals surface area contributed by atoms with Gasteiger partial charge in [0.15, 0.2) is 35.7 Å². The van der Waals surface area contributed by atoms with E-state index in [1.807, 2.05) is 42.7 Å². The number of rotatable bonds is 9. The maximum Gasteiger partial charge on any atom is 0.342 e. The standard InChI is InChI=1S/C27H29NO8/c1-16-10-19(17(2)28(16)13-18-14-34-22-8-6-7-9-23(22)36-18)21(29)15-35-27(30)20-11-25(32-4)26(33-5)12-24(20)31-3/h6-12,18H,13-15H2,1-5H3. The second kappa shape index (κ2) is 10.6. The zero-order chi connectivity index (χ0) is 25.8. The maximum atomic E-state index is 13.0. The van der Waals surface area contributed by atoms with Crippen LogP contribution in [0.4, 0.5) is 0 Å². The highest BCUT2D eigenvalue weighted by Crippen LogP contribution is 2.35. The summed E-state index contributed by atoms with van der Waals surface area (Å²) in [6, 6.07) is 12.3. The van der Waals surface area contributed by atoms with Crippen LogP contribution < -0.4 is 23.7 Å². The van der Waals surface area contributed by atoms with Gasteiger partial charge in [-0.05, 0) is 32.0 Å². The first kappa shape index (κ1) is 25.0. The number of methoxy groups -OCH3 is 3. The maximum absolute atomic E-state index is 13.0. The highest BCUT2D eigenvalue weighted by Gasteiger charge is 2.25. The lowest BCUT2D eigenvalue weighted by atomic mass is 10.1. The van der Waals surface area contributed by atoms with Crippen LogP contribution in [0.15, 0.2) is 42.5 Å². The van der Waals surface area contributed by atoms with Crippen LogP contribution in [0.2, 0.25) is 0 Å². The number of aromatic nitrogens is 1. The van der Waals surface area contributed by atoms with Gasteiger partial charge in [-0.1, -0.05) is 12.1 Å². The first-order chi connectivity index (χ1) is 17.4. The molecule has 1 atom stereocenters. The molecule has 9 heteroatoms. The van der Waals surface area contributed by atoms with E-state index in [-0.39, 0.29) is 23.2 Å². The minimum absolute atomic E-state index is 0.128. The van der Waals surface area contributed by atoms with Gasteiger partial charge >= 0.3 is 5.97 Å². The number of carbonyl (C=O) groups excluding carboxylic acids is 2. The average Bonchev–Trinajstić information content (AvgIpc) is 3.18. The largest absolute Gasteiger partial charge is 0.496 e. The molecule has 0 bridgehead atoms. The van der Waals surface area contributed by atoms with Crippen LogP contribution in [0, 0.1) is 13.8 Å². The topological polar surface area (TPSA) is 94.5 Å². The van der Waals surface area contributed by atoms with Crippen molar-refractivity contribution in [3.63, 3.8) is 0 Å². The van der Waals surface area contributed by atoms with Crippen LogP contribution in [0.25, 0.3) is 0 Å². The third-order valence-corrected chi connectivity index (χ3v) is 6.09. The van der Waals surface area contributed by atoms with Crippen molar-refractivity contribution in [3.05, 3.63) is 65.0 Å². The van der Waals surface area contributed by atoms with Gasteiger partial charge in [-0.2, -0.15) is 0 Å². The summed E-state index contributed by atoms with van der Waals surface area (Å²) in [5.74, 6) is 1.40. The number of Topliss-reactive ketones (excluding diaryl/α,β-unsaturated/α-hetero) is 1. The molecule has 1 aromatic heterocycles. The third-order valence-electron chi connectivity index (χ3n) is 6.09. The van der Waals surface area contributed by atoms with Crippen molar-refractivity contribution < 1.29 is 38.0 Å². The van der Waals surface area contributed by atoms with Crippen LogP contribution in [0.3, 0.4) is 0 Å². The summed E-state index contributed by atoms with van der Waals surface area (Å²) in [5, 5.41) is 0. The van der Waals surface area contributed by atoms with Crippen LogP contribution in [-0.4, -0.2) is 57.0 Å². The normalized spacial score (nSPS) is 14.2. The second-order valence-electron chi connectivity index (χ2n) is 8.30. The highest BCUT2D eigenvalue weighted by atomic mass is 16.6. The Balaban J connectivity index is 1.44. The van der Waals surface area contributed by atoms with Crippen LogP contribution in [0.5, 0.6) is 28.7 Å². The van der Waals surface area contributed by atoms with Gasteiger partial charge in [-0.25, -0.2) is 4.79 Å². The van der Waals surface area contributed by atoms with E-state index in [0.29, 0.717) is 36.0 Å². The Morgan fingerprint density at radius 3 is 2.28 bits per heavy atom. The van der Waals surface area contributed by atoms with Gasteiger partial charge in [-0.3, -0.25) is 4.79 Å². The predicted molar refractivity (Wildman–Crippen MR) is 131 cm³/mol. The van der Waals surface area contributed by atoms with Crippen LogP contribution >= 0.6 is 0 Å². The lowest BCUT2D eigenvalue weighted by Crippen LogP contribution is -2.33. The molecule has 0 amide bonds. The van der Waals surface area contributed by atoms with Gasteiger partial charge < -0.3 is 33.0 Å². The molecular formula is C27H29NO8. The van der Waals surface area contributed by atoms with E-state index in [1.54, 1.807) is 6.07 Å². The van der Waals surface area contributed by atoms with Crippen molar-refractivity contribution in [2.24, 2.45) is 0 Å². The minimum atomic E-state index is -0.707. The Labute approximate surface area is 209 Å². The Hall–Kier alpha value is -4.14. The van der Waals surface area contributed by atoms with E-state index in [2.05, 4.69) is 0 Å². The Kier molecular flexibility index (Phi) is 7.38. The molecule has 1 aliphatic heterocycles. The SMILES string of the molecule is COc1cc(OC)c(C(=O)OCC(=O)c2cc(C)n(CC3COc4ccccc4O3)c2C)cc1OC. The lowest BCUT2D eigenvalue weighted by Gasteiger charge is -2.27. The van der Waals surface area contributed by atoms with E-state index >= 15 is 0 Å². The smallest absolute Gasteiger partial charge is 0.342 e. The molecule has 190 valence electrons. The number of benzene rings is 2. The van der Waals surface area contributed by atoms with Crippen molar-refractivity contribution in [1.29, 1.82) is 0 Å². The number of para-hydroxylation sites is 2. The molecule has 2 aromatic carbocycles. The molecule has 1 unspecified atom stereocenters. The van der Waals surface area contributed by atoms with Crippen LogP contribution in [0.1, 0.15) is 32.1 Å². The van der Waals surface area contributed by atoms with E-state index in [4.69, 9.17) is 28.4 Å². The molecule has 3 aromatic rings. The summed E-state index contributed by atoms with van der Waals surface area (Å²) >= 11 is 0. The van der Waals surface area contributed by atoms with E-state index < -0.39 is 12.6 Å². The number of hydrogen-bond donors (Lipinski definition) is 0. The van der Waals surface area contributed by atoms with Crippen molar-refractivity contribution in [1.82, 2.24) is 4.57 Å². The molecule has 0 N–H and O–H groups in total. The molecule has 36 heavy (non-hydrogen) atoms. The first-order valence-corrected chi connectivity index (χ1v) is 11.4. The molecule has 0 saturated carbocycles. The number of fused-ring (bicyclic) bond motifs is 1. The fourth-order valence-corrected chi connectivity index (χ4v) is 4.20. The molecule has 0 radical (unpaired) electrons. The lowest BCUT2D eigenvalue weighted by molar-refractivity contribution is 0.0471. The van der Waals surface area contributed by atoms with Gasteiger partial charge in [0.05, 0.1) is 27.9 Å². The highest BCUT2D eigenvalue weighted by molar-refractivity contribution is 6.01. The van der Waals surface area contributed by atoms with Crippen molar-refractivity contribution >= 4 is 11.8 Å². The fraction of sp³-hybridized carbons (Fsp3) is 0.333. The Morgan fingerprint density at radius 1 is 0.917 bits per heavy atom. The van der Waals surface area contributed by atoms with Gasteiger partial charge in [-0.15, -0.1) is 0 Å². The summed E-state index contributed by atoms with van der Waals surface area (Å²) in [6.45, 7) is 4.28. The molecular weight excluding hydrogens is 466 g/mol. The fourth-order valence-electron chi connectivity index (χ4n) is 4.20. The molecule has 0 spiro atoms. The molecule has 9 nitrogen and oxygen atoms in total. The third kappa shape index (κ3) is 4.95. The zero-order valence-electron chi connectivity index (χ0n) is 21.0. The number of aryl methyl sites for hydroxylation is 1. The van der Waals surface area contributed by atoms with Gasteiger partial charge in [0, 0.05) is 29.1 Å². The summed E-state index contributed by atoms with van der Waals surface area (Å²) in [7, 11) is 4.37. The van der Waals surface area contributed by atoms with Crippen molar-refractivity contribution in [2.45, 2.75) is 26.5 Å². The number of ether oxygens (including phenoxy) is 6. The second-order valence-corrected chi connectivity index (χ2v) is 8.30. The average molecular weight is 496 g/mol. The zero-order valence-corrected chi connectivity index (χ0v) is 21.0. The van der Waals surface area contributed by atoms with E-state index in [1.165, 1.54) is 33.5 Å². The number of carbonyl (C=O) groups is 2. The van der Waals surface area contributed by atoms with Gasteiger partial charge in [0.25, 0.3) is 0 Å². The Bertz CT molecular complexity index is 1280. The number of hydrogen-bond acceptors (Lipinski definition) is 8. The quantitative estimate of drug-likeness (QED) is 0.325. The van der Waals surface area contributed by atoms with Crippen LogP contribution in [-0.2, 0) is 11.3 Å². The Morgan fingerprint density at radius 2 is 1.58 bits per heavy atom. The minimum Gasteiger partial charge on any atom is -0.496 e. The van der Waals surface area contributed by atoms with E-state index in [9.17, 15) is 9.59 Å². The first-order valence-electron chi connectivity index (χ1n) is 11.4. The molecule has 2 heterocycles. The van der Waals surface area contributed by atoms with E-state index in [0.717, 1.165) is 17.1 Å². The number of ketones is 1. The summed E-state index contributed by atoms with van der Waals surface area (Å²) in [4.78, 5) is 25.7. The van der Waals surface area contributed by atoms with Gasteiger partial charge in [0.2, 0.25) is 5.78 Å². The molecule has 1 aliphatic rings. The molecule has 0 saturated heterocycles. The molecule has 0 aliphatic carbocycles.